The van der Waals surface area contributed by atoms with Gasteiger partial charge >= 0.3 is 0 Å². The zero-order valence-corrected chi connectivity index (χ0v) is 12.7. The number of nitrogens with one attached hydrogen (secondary N) is 1. The maximum Gasteiger partial charge on any atom is 0.0769 e. The molecule has 1 N–H and O–H groups in total. The van der Waals surface area contributed by atoms with E-state index in [1.54, 1.807) is 6.07 Å². The standard InChI is InChI=1S/C14H21Cl2NO/c1-4-6-13(18-5-2)14(17-3)11-9-10(15)7-8-12(11)16/h7-9,13-14,17H,4-6H2,1-3H3. The molecule has 102 valence electrons. The van der Waals surface area contributed by atoms with Crippen LogP contribution >= 0.6 is 23.2 Å². The second-order valence-electron chi connectivity index (χ2n) is 4.21. The molecule has 0 aliphatic carbocycles. The van der Waals surface area contributed by atoms with Gasteiger partial charge in [-0.3, -0.25) is 0 Å². The molecule has 0 heterocycles. The lowest BCUT2D eigenvalue weighted by atomic mass is 9.98. The third-order valence-electron chi connectivity index (χ3n) is 2.93. The van der Waals surface area contributed by atoms with Gasteiger partial charge in [0, 0.05) is 16.7 Å². The van der Waals surface area contributed by atoms with Crippen LogP contribution in [0.2, 0.25) is 10.0 Å². The highest BCUT2D eigenvalue weighted by Gasteiger charge is 2.23. The van der Waals surface area contributed by atoms with Crippen LogP contribution in [-0.2, 0) is 4.74 Å². The summed E-state index contributed by atoms with van der Waals surface area (Å²) in [6.45, 7) is 4.86. The SMILES string of the molecule is CCCC(OCC)C(NC)c1cc(Cl)ccc1Cl. The molecule has 0 amide bonds. The van der Waals surface area contributed by atoms with Crippen LogP contribution in [-0.4, -0.2) is 19.8 Å². The van der Waals surface area contributed by atoms with E-state index in [1.165, 1.54) is 0 Å². The van der Waals surface area contributed by atoms with Crippen molar-refractivity contribution in [3.63, 3.8) is 0 Å². The maximum atomic E-state index is 6.26. The number of hydrogen-bond acceptors (Lipinski definition) is 2. The maximum absolute atomic E-state index is 6.26. The molecule has 0 radical (unpaired) electrons. The molecule has 1 aromatic rings. The molecule has 2 atom stereocenters. The third kappa shape index (κ3) is 4.13. The minimum Gasteiger partial charge on any atom is -0.377 e. The molecule has 2 unspecified atom stereocenters. The third-order valence-corrected chi connectivity index (χ3v) is 3.51. The van der Waals surface area contributed by atoms with Gasteiger partial charge in [-0.1, -0.05) is 36.5 Å². The molecule has 18 heavy (non-hydrogen) atoms. The fourth-order valence-corrected chi connectivity index (χ4v) is 2.56. The van der Waals surface area contributed by atoms with Crippen molar-refractivity contribution in [3.05, 3.63) is 33.8 Å². The van der Waals surface area contributed by atoms with E-state index in [-0.39, 0.29) is 12.1 Å². The van der Waals surface area contributed by atoms with Crippen LogP contribution < -0.4 is 5.32 Å². The van der Waals surface area contributed by atoms with Crippen LogP contribution in [0.15, 0.2) is 18.2 Å². The molecule has 1 aromatic carbocycles. The molecule has 4 heteroatoms. The van der Waals surface area contributed by atoms with Crippen molar-refractivity contribution in [2.45, 2.75) is 38.8 Å². The van der Waals surface area contributed by atoms with E-state index in [4.69, 9.17) is 27.9 Å². The van der Waals surface area contributed by atoms with E-state index in [2.05, 4.69) is 12.2 Å². The highest BCUT2D eigenvalue weighted by Crippen LogP contribution is 2.30. The van der Waals surface area contributed by atoms with Crippen molar-refractivity contribution in [1.29, 1.82) is 0 Å². The minimum absolute atomic E-state index is 0.0658. The Balaban J connectivity index is 3.01. The summed E-state index contributed by atoms with van der Waals surface area (Å²) in [6, 6.07) is 5.61. The van der Waals surface area contributed by atoms with Crippen molar-refractivity contribution in [1.82, 2.24) is 5.32 Å². The number of ether oxygens (including phenoxy) is 1. The summed E-state index contributed by atoms with van der Waals surface area (Å²) in [4.78, 5) is 0. The molecule has 0 bridgehead atoms. The Kier molecular flexibility index (Phi) is 7.02. The molecule has 0 aromatic heterocycles. The Hall–Kier alpha value is -0.280. The van der Waals surface area contributed by atoms with Crippen LogP contribution in [0.5, 0.6) is 0 Å². The van der Waals surface area contributed by atoms with Crippen molar-refractivity contribution >= 4 is 23.2 Å². The largest absolute Gasteiger partial charge is 0.377 e. The van der Waals surface area contributed by atoms with Crippen LogP contribution in [0.25, 0.3) is 0 Å². The summed E-state index contributed by atoms with van der Waals surface area (Å²) >= 11 is 12.3. The Labute approximate surface area is 120 Å². The first-order valence-electron chi connectivity index (χ1n) is 6.37. The first kappa shape index (κ1) is 15.8. The fraction of sp³-hybridized carbons (Fsp3) is 0.571. The van der Waals surface area contributed by atoms with Gasteiger partial charge in [-0.05, 0) is 44.2 Å². The Morgan fingerprint density at radius 3 is 2.56 bits per heavy atom. The predicted molar refractivity (Wildman–Crippen MR) is 78.6 cm³/mol. The minimum atomic E-state index is 0.0658. The average molecular weight is 290 g/mol. The van der Waals surface area contributed by atoms with E-state index in [0.29, 0.717) is 11.6 Å². The van der Waals surface area contributed by atoms with Gasteiger partial charge < -0.3 is 10.1 Å². The molecule has 0 fully saturated rings. The summed E-state index contributed by atoms with van der Waals surface area (Å²) in [6.07, 6.45) is 2.17. The zero-order chi connectivity index (χ0) is 13.5. The van der Waals surface area contributed by atoms with E-state index in [1.807, 2.05) is 26.1 Å². The van der Waals surface area contributed by atoms with Gasteiger partial charge in [-0.15, -0.1) is 0 Å². The van der Waals surface area contributed by atoms with Crippen LogP contribution in [0.1, 0.15) is 38.3 Å². The van der Waals surface area contributed by atoms with Gasteiger partial charge in [-0.2, -0.15) is 0 Å². The Morgan fingerprint density at radius 2 is 2.00 bits per heavy atom. The predicted octanol–water partition coefficient (Wildman–Crippen LogP) is 4.46. The van der Waals surface area contributed by atoms with E-state index >= 15 is 0 Å². The van der Waals surface area contributed by atoms with Gasteiger partial charge in [0.2, 0.25) is 0 Å². The van der Waals surface area contributed by atoms with E-state index < -0.39 is 0 Å². The smallest absolute Gasteiger partial charge is 0.0769 e. The van der Waals surface area contributed by atoms with E-state index in [0.717, 1.165) is 23.4 Å². The van der Waals surface area contributed by atoms with Crippen LogP contribution in [0, 0.1) is 0 Å². The molecule has 0 aliphatic rings. The van der Waals surface area contributed by atoms with Crippen LogP contribution in [0.3, 0.4) is 0 Å². The average Bonchev–Trinajstić information content (AvgIpc) is 2.35. The monoisotopic (exact) mass is 289 g/mol. The number of halogens is 2. The number of rotatable bonds is 7. The van der Waals surface area contributed by atoms with Gasteiger partial charge in [-0.25, -0.2) is 0 Å². The summed E-state index contributed by atoms with van der Waals surface area (Å²) in [7, 11) is 1.92. The highest BCUT2D eigenvalue weighted by atomic mass is 35.5. The molecule has 0 saturated heterocycles. The lowest BCUT2D eigenvalue weighted by Gasteiger charge is -2.27. The molecule has 1 rings (SSSR count). The van der Waals surface area contributed by atoms with Crippen LogP contribution in [0.4, 0.5) is 0 Å². The van der Waals surface area contributed by atoms with Crippen molar-refractivity contribution in [3.8, 4) is 0 Å². The highest BCUT2D eigenvalue weighted by molar-refractivity contribution is 6.33. The second kappa shape index (κ2) is 8.00. The topological polar surface area (TPSA) is 21.3 Å². The molecule has 2 nitrogen and oxygen atoms in total. The Bertz CT molecular complexity index is 365. The number of benzene rings is 1. The van der Waals surface area contributed by atoms with Gasteiger partial charge in [0.1, 0.15) is 0 Å². The Morgan fingerprint density at radius 1 is 1.28 bits per heavy atom. The van der Waals surface area contributed by atoms with Crippen molar-refractivity contribution in [2.24, 2.45) is 0 Å². The summed E-state index contributed by atoms with van der Waals surface area (Å²) in [5.41, 5.74) is 0.999. The van der Waals surface area contributed by atoms with E-state index in [9.17, 15) is 0 Å². The van der Waals surface area contributed by atoms with Gasteiger partial charge in [0.15, 0.2) is 0 Å². The quantitative estimate of drug-likeness (QED) is 0.800. The second-order valence-corrected chi connectivity index (χ2v) is 5.06. The summed E-state index contributed by atoms with van der Waals surface area (Å²) < 4.78 is 5.82. The molecule has 0 spiro atoms. The molecular weight excluding hydrogens is 269 g/mol. The lowest BCUT2D eigenvalue weighted by molar-refractivity contribution is 0.0296. The zero-order valence-electron chi connectivity index (χ0n) is 11.2. The lowest BCUT2D eigenvalue weighted by Crippen LogP contribution is -2.32. The first-order chi connectivity index (χ1) is 8.63. The van der Waals surface area contributed by atoms with Crippen molar-refractivity contribution < 1.29 is 4.74 Å². The first-order valence-corrected chi connectivity index (χ1v) is 7.13. The fourth-order valence-electron chi connectivity index (χ4n) is 2.14. The van der Waals surface area contributed by atoms with Gasteiger partial charge in [0.05, 0.1) is 12.1 Å². The molecular formula is C14H21Cl2NO. The number of likely N-dealkylation sites (N-methyl/N-ethyl adjacent to an activating group) is 1. The molecule has 0 saturated carbocycles. The van der Waals surface area contributed by atoms with Crippen molar-refractivity contribution in [2.75, 3.05) is 13.7 Å². The molecule has 0 aliphatic heterocycles. The summed E-state index contributed by atoms with van der Waals surface area (Å²) in [5, 5.41) is 4.71. The normalized spacial score (nSPS) is 14.5. The number of hydrogen-bond donors (Lipinski definition) is 1. The summed E-state index contributed by atoms with van der Waals surface area (Å²) in [5.74, 6) is 0. The van der Waals surface area contributed by atoms with Gasteiger partial charge in [0.25, 0.3) is 0 Å².